The molecule has 0 saturated carbocycles. The second-order valence-electron chi connectivity index (χ2n) is 3.59. The maximum Gasteiger partial charge on any atom is 0.102 e. The zero-order chi connectivity index (χ0) is 10.3. The molecule has 0 atom stereocenters. The second-order valence-corrected chi connectivity index (χ2v) is 3.59. The van der Waals surface area contributed by atoms with Gasteiger partial charge >= 0.3 is 0 Å². The summed E-state index contributed by atoms with van der Waals surface area (Å²) < 4.78 is 0. The van der Waals surface area contributed by atoms with Crippen LogP contribution in [-0.2, 0) is 0 Å². The van der Waals surface area contributed by atoms with Crippen molar-refractivity contribution in [2.45, 2.75) is 59.0 Å². The first-order valence-electron chi connectivity index (χ1n) is 5.34. The molecule has 0 heterocycles. The van der Waals surface area contributed by atoms with E-state index in [1.54, 1.807) is 0 Å². The minimum Gasteiger partial charge on any atom is -0.384 e. The van der Waals surface area contributed by atoms with Gasteiger partial charge in [-0.05, 0) is 26.7 Å². The number of nitrogens with zero attached hydrogens (tertiary/aromatic N) is 1. The minimum atomic E-state index is -0.639. The Labute approximate surface area is 119 Å². The molecule has 3 heteroatoms. The molecule has 14 heavy (non-hydrogen) atoms. The van der Waals surface area contributed by atoms with Crippen LogP contribution in [0.2, 0.25) is 0 Å². The van der Waals surface area contributed by atoms with Crippen molar-refractivity contribution in [2.24, 2.45) is 4.99 Å². The Balaban J connectivity index is 0. The van der Waals surface area contributed by atoms with Crippen LogP contribution >= 0.6 is 0 Å². The van der Waals surface area contributed by atoms with E-state index in [2.05, 4.69) is 18.8 Å². The summed E-state index contributed by atoms with van der Waals surface area (Å²) in [6.45, 7) is 8.90. The number of aliphatic hydroxyl groups is 1. The largest absolute Gasteiger partial charge is 0.384 e. The Morgan fingerprint density at radius 2 is 1.57 bits per heavy atom. The molecule has 0 aromatic carbocycles. The maximum absolute atomic E-state index is 10.3. The van der Waals surface area contributed by atoms with Crippen molar-refractivity contribution in [2.75, 3.05) is 6.54 Å². The zero-order valence-electron chi connectivity index (χ0n) is 9.76. The molecule has 0 unspecified atom stereocenters. The SMILES string of the molecule is CCCC(O)(CCC)C(C)=NCC.[Tb]. The van der Waals surface area contributed by atoms with Crippen molar-refractivity contribution in [3.05, 3.63) is 0 Å². The standard InChI is InChI=1S/C11H23NO.Tb/c1-5-8-11(13,9-6-2)10(4)12-7-3;/h13H,5-9H2,1-4H3;. The first-order chi connectivity index (χ1) is 6.10. The van der Waals surface area contributed by atoms with Crippen molar-refractivity contribution in [3.63, 3.8) is 0 Å². The summed E-state index contributed by atoms with van der Waals surface area (Å²) in [7, 11) is 0. The Hall–Kier alpha value is 0.916. The van der Waals surface area contributed by atoms with Crippen molar-refractivity contribution >= 4 is 5.71 Å². The van der Waals surface area contributed by atoms with Crippen LogP contribution in [0.3, 0.4) is 0 Å². The fourth-order valence-electron chi connectivity index (χ4n) is 1.70. The smallest absolute Gasteiger partial charge is 0.102 e. The summed E-state index contributed by atoms with van der Waals surface area (Å²) in [6, 6.07) is 0. The van der Waals surface area contributed by atoms with Gasteiger partial charge in [-0.3, -0.25) is 4.99 Å². The molecule has 0 aromatic rings. The average Bonchev–Trinajstić information content (AvgIpc) is 2.05. The normalized spacial score (nSPS) is 12.5. The van der Waals surface area contributed by atoms with Gasteiger partial charge in [0, 0.05) is 50.9 Å². The molecule has 0 fully saturated rings. The molecule has 0 aliphatic carbocycles. The summed E-state index contributed by atoms with van der Waals surface area (Å²) in [6.07, 6.45) is 3.67. The first-order valence-corrected chi connectivity index (χ1v) is 5.34. The molecule has 0 amide bonds. The predicted molar refractivity (Wildman–Crippen MR) is 58.4 cm³/mol. The summed E-state index contributed by atoms with van der Waals surface area (Å²) in [5, 5.41) is 10.3. The molecular formula is C11H23NOTb. The van der Waals surface area contributed by atoms with Gasteiger partial charge in [0.15, 0.2) is 0 Å². The molecule has 87 valence electrons. The fourth-order valence-corrected chi connectivity index (χ4v) is 1.70. The zero-order valence-corrected chi connectivity index (χ0v) is 11.9. The topological polar surface area (TPSA) is 32.6 Å². The van der Waals surface area contributed by atoms with Gasteiger partial charge in [-0.2, -0.15) is 0 Å². The van der Waals surface area contributed by atoms with Crippen molar-refractivity contribution in [1.29, 1.82) is 0 Å². The van der Waals surface area contributed by atoms with E-state index >= 15 is 0 Å². The van der Waals surface area contributed by atoms with Gasteiger partial charge in [-0.25, -0.2) is 0 Å². The van der Waals surface area contributed by atoms with Crippen LogP contribution in [0.5, 0.6) is 0 Å². The third kappa shape index (κ3) is 5.71. The average molecular weight is 344 g/mol. The van der Waals surface area contributed by atoms with E-state index in [9.17, 15) is 5.11 Å². The van der Waals surface area contributed by atoms with Crippen molar-refractivity contribution < 1.29 is 43.7 Å². The molecular weight excluding hydrogens is 321 g/mol. The van der Waals surface area contributed by atoms with Crippen LogP contribution < -0.4 is 0 Å². The summed E-state index contributed by atoms with van der Waals surface area (Å²) in [4.78, 5) is 4.30. The molecule has 0 aliphatic rings. The molecule has 0 aliphatic heterocycles. The van der Waals surface area contributed by atoms with Gasteiger partial charge in [-0.1, -0.05) is 26.7 Å². The van der Waals surface area contributed by atoms with Gasteiger partial charge in [0.1, 0.15) is 5.60 Å². The first kappa shape index (κ1) is 17.3. The minimum absolute atomic E-state index is 0. The van der Waals surface area contributed by atoms with Gasteiger partial charge in [0.05, 0.1) is 0 Å². The number of aliphatic imine (C=N–C) groups is 1. The molecule has 0 rings (SSSR count). The third-order valence-corrected chi connectivity index (χ3v) is 2.40. The van der Waals surface area contributed by atoms with Crippen LogP contribution in [0.25, 0.3) is 0 Å². The fraction of sp³-hybridized carbons (Fsp3) is 0.909. The molecule has 1 radical (unpaired) electrons. The number of rotatable bonds is 6. The Morgan fingerprint density at radius 1 is 1.14 bits per heavy atom. The maximum atomic E-state index is 10.3. The van der Waals surface area contributed by atoms with Crippen LogP contribution in [0.15, 0.2) is 4.99 Å². The Morgan fingerprint density at radius 3 is 1.86 bits per heavy atom. The molecule has 0 saturated heterocycles. The van der Waals surface area contributed by atoms with E-state index in [-0.39, 0.29) is 38.6 Å². The van der Waals surface area contributed by atoms with E-state index in [4.69, 9.17) is 0 Å². The van der Waals surface area contributed by atoms with Gasteiger partial charge in [0.2, 0.25) is 0 Å². The summed E-state index contributed by atoms with van der Waals surface area (Å²) in [5.41, 5.74) is 0.262. The van der Waals surface area contributed by atoms with Crippen LogP contribution in [0.4, 0.5) is 0 Å². The van der Waals surface area contributed by atoms with Gasteiger partial charge in [0.25, 0.3) is 0 Å². The second kappa shape index (κ2) is 9.16. The van der Waals surface area contributed by atoms with Crippen molar-refractivity contribution in [3.8, 4) is 0 Å². The quantitative estimate of drug-likeness (QED) is 0.739. The van der Waals surface area contributed by atoms with E-state index in [1.165, 1.54) is 0 Å². The molecule has 0 bridgehead atoms. The number of hydrogen-bond acceptors (Lipinski definition) is 2. The van der Waals surface area contributed by atoms with Crippen LogP contribution in [-0.4, -0.2) is 23.0 Å². The van der Waals surface area contributed by atoms with Gasteiger partial charge < -0.3 is 5.11 Å². The summed E-state index contributed by atoms with van der Waals surface area (Å²) >= 11 is 0. The third-order valence-electron chi connectivity index (χ3n) is 2.40. The summed E-state index contributed by atoms with van der Waals surface area (Å²) in [5.74, 6) is 0. The Bertz CT molecular complexity index is 163. The molecule has 0 aromatic heterocycles. The predicted octanol–water partition coefficient (Wildman–Crippen LogP) is 2.80. The van der Waals surface area contributed by atoms with E-state index in [1.807, 2.05) is 13.8 Å². The number of hydrogen-bond donors (Lipinski definition) is 1. The molecule has 0 spiro atoms. The van der Waals surface area contributed by atoms with E-state index in [0.29, 0.717) is 0 Å². The van der Waals surface area contributed by atoms with Crippen LogP contribution in [0, 0.1) is 38.6 Å². The van der Waals surface area contributed by atoms with Crippen LogP contribution in [0.1, 0.15) is 53.4 Å². The Kier molecular flexibility index (Phi) is 11.3. The molecule has 2 nitrogen and oxygen atoms in total. The van der Waals surface area contributed by atoms with E-state index < -0.39 is 5.60 Å². The molecule has 1 N–H and O–H groups in total. The van der Waals surface area contributed by atoms with E-state index in [0.717, 1.165) is 37.9 Å². The monoisotopic (exact) mass is 344 g/mol. The van der Waals surface area contributed by atoms with Gasteiger partial charge in [-0.15, -0.1) is 0 Å². The van der Waals surface area contributed by atoms with Crippen molar-refractivity contribution in [1.82, 2.24) is 0 Å².